The fourth-order valence-corrected chi connectivity index (χ4v) is 0.956. The Morgan fingerprint density at radius 2 is 2.18 bits per heavy atom. The van der Waals surface area contributed by atoms with Gasteiger partial charge in [-0.2, -0.15) is 5.10 Å². The zero-order chi connectivity index (χ0) is 7.52. The van der Waals surface area contributed by atoms with Crippen molar-refractivity contribution in [3.63, 3.8) is 0 Å². The molecule has 2 heterocycles. The summed E-state index contributed by atoms with van der Waals surface area (Å²) in [5.41, 5.74) is 0. The Morgan fingerprint density at radius 1 is 1.36 bits per heavy atom. The Bertz CT molecular complexity index is 263. The Labute approximate surface area is 63.9 Å². The van der Waals surface area contributed by atoms with E-state index in [2.05, 4.69) is 15.2 Å². The zero-order valence-corrected chi connectivity index (χ0v) is 5.94. The second-order valence-electron chi connectivity index (χ2n) is 2.29. The van der Waals surface area contributed by atoms with Gasteiger partial charge in [0.2, 0.25) is 0 Å². The van der Waals surface area contributed by atoms with Crippen molar-refractivity contribution in [1.29, 1.82) is 0 Å². The van der Waals surface area contributed by atoms with Crippen LogP contribution >= 0.6 is 0 Å². The Hall–Kier alpha value is -1.58. The van der Waals surface area contributed by atoms with Gasteiger partial charge in [-0.25, -0.2) is 4.98 Å². The minimum Gasteiger partial charge on any atom is -0.347 e. The van der Waals surface area contributed by atoms with E-state index in [1.807, 2.05) is 29.1 Å². The normalized spacial score (nSPS) is 10.2. The first-order chi connectivity index (χ1) is 5.45. The highest BCUT2D eigenvalue weighted by atomic mass is 15.2. The van der Waals surface area contributed by atoms with Crippen molar-refractivity contribution in [3.05, 3.63) is 36.7 Å². The number of aromatic nitrogens is 4. The van der Waals surface area contributed by atoms with Crippen molar-refractivity contribution in [3.8, 4) is 0 Å². The van der Waals surface area contributed by atoms with Gasteiger partial charge in [-0.3, -0.25) is 5.10 Å². The van der Waals surface area contributed by atoms with E-state index < -0.39 is 0 Å². The third kappa shape index (κ3) is 1.29. The smallest absolute Gasteiger partial charge is 0.144 e. The average Bonchev–Trinajstić information content (AvgIpc) is 2.60. The number of hydrogen-bond donors (Lipinski definition) is 1. The summed E-state index contributed by atoms with van der Waals surface area (Å²) in [5, 5.41) is 6.55. The van der Waals surface area contributed by atoms with E-state index in [0.29, 0.717) is 0 Å². The molecule has 1 N–H and O–H groups in total. The number of nitrogens with zero attached hydrogens (tertiary/aromatic N) is 3. The molecule has 4 heteroatoms. The lowest BCUT2D eigenvalue weighted by atomic mass is 10.6. The molecule has 0 saturated carbocycles. The van der Waals surface area contributed by atoms with E-state index in [4.69, 9.17) is 0 Å². The van der Waals surface area contributed by atoms with Crippen LogP contribution in [0.25, 0.3) is 0 Å². The van der Waals surface area contributed by atoms with Gasteiger partial charge in [0, 0.05) is 12.4 Å². The molecule has 0 saturated heterocycles. The molecule has 0 spiro atoms. The van der Waals surface area contributed by atoms with E-state index in [-0.39, 0.29) is 0 Å². The number of hydrogen-bond acceptors (Lipinski definition) is 2. The maximum Gasteiger partial charge on any atom is 0.144 e. The molecule has 0 aliphatic carbocycles. The molecule has 56 valence electrons. The molecule has 0 atom stereocenters. The quantitative estimate of drug-likeness (QED) is 0.679. The van der Waals surface area contributed by atoms with Crippen molar-refractivity contribution in [2.45, 2.75) is 6.54 Å². The van der Waals surface area contributed by atoms with Crippen LogP contribution < -0.4 is 0 Å². The molecule has 11 heavy (non-hydrogen) atoms. The van der Waals surface area contributed by atoms with Gasteiger partial charge in [-0.1, -0.05) is 0 Å². The first-order valence-electron chi connectivity index (χ1n) is 3.40. The van der Waals surface area contributed by atoms with Crippen molar-refractivity contribution >= 4 is 0 Å². The third-order valence-corrected chi connectivity index (χ3v) is 1.46. The minimum atomic E-state index is 0.757. The molecule has 0 aromatic carbocycles. The van der Waals surface area contributed by atoms with Crippen LogP contribution in [0.2, 0.25) is 0 Å². The Balaban J connectivity index is 2.14. The zero-order valence-electron chi connectivity index (χ0n) is 5.94. The number of aromatic amines is 1. The largest absolute Gasteiger partial charge is 0.347 e. The molecule has 0 unspecified atom stereocenters. The molecule has 0 fully saturated rings. The number of H-pyrrole nitrogens is 1. The molecule has 0 aliphatic heterocycles. The van der Waals surface area contributed by atoms with Crippen LogP contribution in [0, 0.1) is 0 Å². The van der Waals surface area contributed by atoms with Crippen molar-refractivity contribution < 1.29 is 0 Å². The van der Waals surface area contributed by atoms with Crippen molar-refractivity contribution in [2.24, 2.45) is 0 Å². The molecule has 2 aromatic rings. The summed E-state index contributed by atoms with van der Waals surface area (Å²) in [6.07, 6.45) is 5.49. The molecule has 0 radical (unpaired) electrons. The maximum absolute atomic E-state index is 4.00. The molecule has 4 nitrogen and oxygen atoms in total. The molecule has 0 amide bonds. The summed E-state index contributed by atoms with van der Waals surface area (Å²) in [7, 11) is 0. The van der Waals surface area contributed by atoms with Gasteiger partial charge < -0.3 is 4.57 Å². The van der Waals surface area contributed by atoms with Gasteiger partial charge in [0.05, 0.1) is 6.54 Å². The van der Waals surface area contributed by atoms with Crippen LogP contribution in [0.5, 0.6) is 0 Å². The molecular formula is C7H8N4. The first kappa shape index (κ1) is 6.15. The average molecular weight is 148 g/mol. The monoisotopic (exact) mass is 148 g/mol. The molecule has 2 rings (SSSR count). The fourth-order valence-electron chi connectivity index (χ4n) is 0.956. The van der Waals surface area contributed by atoms with Crippen LogP contribution in [0.3, 0.4) is 0 Å². The van der Waals surface area contributed by atoms with Crippen LogP contribution in [0.4, 0.5) is 0 Å². The standard InChI is InChI=1S/C7H8N4/c1-2-4-11(3-1)5-7-8-6-9-10-7/h1-4,6H,5H2,(H,8,9,10). The highest BCUT2D eigenvalue weighted by molar-refractivity contribution is 4.93. The molecule has 2 aromatic heterocycles. The van der Waals surface area contributed by atoms with Crippen LogP contribution in [-0.4, -0.2) is 19.7 Å². The van der Waals surface area contributed by atoms with Crippen LogP contribution in [0.15, 0.2) is 30.9 Å². The van der Waals surface area contributed by atoms with E-state index in [9.17, 15) is 0 Å². The van der Waals surface area contributed by atoms with Crippen LogP contribution in [0.1, 0.15) is 5.82 Å². The predicted octanol–water partition coefficient (Wildman–Crippen LogP) is 0.654. The lowest BCUT2D eigenvalue weighted by molar-refractivity contribution is 0.753. The third-order valence-electron chi connectivity index (χ3n) is 1.46. The van der Waals surface area contributed by atoms with Crippen molar-refractivity contribution in [2.75, 3.05) is 0 Å². The van der Waals surface area contributed by atoms with E-state index in [1.54, 1.807) is 0 Å². The highest BCUT2D eigenvalue weighted by Gasteiger charge is 1.93. The first-order valence-corrected chi connectivity index (χ1v) is 3.40. The second-order valence-corrected chi connectivity index (χ2v) is 2.29. The molecular weight excluding hydrogens is 140 g/mol. The SMILES string of the molecule is c1ccn(Cc2ncn[nH]2)c1. The van der Waals surface area contributed by atoms with Gasteiger partial charge >= 0.3 is 0 Å². The van der Waals surface area contributed by atoms with Gasteiger partial charge in [0.1, 0.15) is 12.2 Å². The molecule has 0 aliphatic rings. The lowest BCUT2D eigenvalue weighted by Gasteiger charge is -1.96. The van der Waals surface area contributed by atoms with Gasteiger partial charge in [-0.15, -0.1) is 0 Å². The van der Waals surface area contributed by atoms with Crippen LogP contribution in [-0.2, 0) is 6.54 Å². The van der Waals surface area contributed by atoms with E-state index in [1.165, 1.54) is 6.33 Å². The number of rotatable bonds is 2. The minimum absolute atomic E-state index is 0.757. The lowest BCUT2D eigenvalue weighted by Crippen LogP contribution is -1.97. The Morgan fingerprint density at radius 3 is 2.82 bits per heavy atom. The highest BCUT2D eigenvalue weighted by Crippen LogP contribution is 1.94. The second kappa shape index (κ2) is 2.57. The van der Waals surface area contributed by atoms with E-state index in [0.717, 1.165) is 12.4 Å². The summed E-state index contributed by atoms with van der Waals surface area (Å²) in [4.78, 5) is 4.00. The van der Waals surface area contributed by atoms with Gasteiger partial charge in [0.15, 0.2) is 0 Å². The van der Waals surface area contributed by atoms with E-state index >= 15 is 0 Å². The molecule has 0 bridgehead atoms. The fraction of sp³-hybridized carbons (Fsp3) is 0.143. The maximum atomic E-state index is 4.00. The Kier molecular flexibility index (Phi) is 1.44. The summed E-state index contributed by atoms with van der Waals surface area (Å²) >= 11 is 0. The number of nitrogens with one attached hydrogen (secondary N) is 1. The summed E-state index contributed by atoms with van der Waals surface area (Å²) in [6, 6.07) is 3.97. The van der Waals surface area contributed by atoms with Gasteiger partial charge in [0.25, 0.3) is 0 Å². The summed E-state index contributed by atoms with van der Waals surface area (Å²) < 4.78 is 2.03. The predicted molar refractivity (Wildman–Crippen MR) is 39.9 cm³/mol. The summed E-state index contributed by atoms with van der Waals surface area (Å²) in [6.45, 7) is 0.757. The van der Waals surface area contributed by atoms with Crippen molar-refractivity contribution in [1.82, 2.24) is 19.7 Å². The summed E-state index contributed by atoms with van der Waals surface area (Å²) in [5.74, 6) is 0.876. The van der Waals surface area contributed by atoms with Gasteiger partial charge in [-0.05, 0) is 12.1 Å². The topological polar surface area (TPSA) is 46.5 Å².